The molecule has 1 unspecified atom stereocenters. The standard InChI is InChI=1S/C15H21N3O3S/c1-11(19)12-7-9-14(10-8-12)18(21,22)17-15(20)16-13-5-3-2-4-6-13/h7-10,13,21-22H,2-6H2,1H3,(H-,16,17,20)/p+1. The number of Topliss-reactive ketones (excluding diaryl/α,β-unsaturated/α-hetero) is 1. The van der Waals surface area contributed by atoms with Crippen LogP contribution in [0.4, 0.5) is 10.5 Å². The summed E-state index contributed by atoms with van der Waals surface area (Å²) in [5, 5.41) is 13.1. The van der Waals surface area contributed by atoms with Gasteiger partial charge in [0.25, 0.3) is 0 Å². The van der Waals surface area contributed by atoms with E-state index in [1.807, 2.05) is 0 Å². The van der Waals surface area contributed by atoms with Gasteiger partial charge in [-0.05, 0) is 31.9 Å². The summed E-state index contributed by atoms with van der Waals surface area (Å²) < 4.78 is -1.07. The molecule has 0 aliphatic heterocycles. The van der Waals surface area contributed by atoms with Gasteiger partial charge in [-0.25, -0.2) is 4.79 Å². The quantitative estimate of drug-likeness (QED) is 0.298. The number of benzene rings is 1. The van der Waals surface area contributed by atoms with Crippen molar-refractivity contribution >= 4 is 30.3 Å². The number of nitrogens with zero attached hydrogens (tertiary/aromatic N) is 1. The fourth-order valence-corrected chi connectivity index (χ4v) is 2.80. The van der Waals surface area contributed by atoms with Gasteiger partial charge in [0.2, 0.25) is 5.69 Å². The molecule has 0 heterocycles. The molecule has 7 heteroatoms. The predicted octanol–water partition coefficient (Wildman–Crippen LogP) is 2.98. The minimum atomic E-state index is -1.07. The lowest BCUT2D eigenvalue weighted by Gasteiger charge is -2.26. The Balaban J connectivity index is 1.96. The lowest BCUT2D eigenvalue weighted by molar-refractivity contribution is -0.00795. The molecule has 1 aliphatic carbocycles. The second kappa shape index (κ2) is 7.13. The van der Waals surface area contributed by atoms with Gasteiger partial charge < -0.3 is 5.32 Å². The summed E-state index contributed by atoms with van der Waals surface area (Å²) in [7, 11) is 0. The third-order valence-corrected chi connectivity index (χ3v) is 4.16. The number of rotatable bonds is 4. The van der Waals surface area contributed by atoms with Crippen LogP contribution in [0.15, 0.2) is 24.3 Å². The number of hydrogen-bond donors (Lipinski definition) is 4. The van der Waals surface area contributed by atoms with Crippen molar-refractivity contribution in [2.45, 2.75) is 45.1 Å². The molecule has 1 aromatic carbocycles. The van der Waals surface area contributed by atoms with Crippen LogP contribution in [0.25, 0.3) is 0 Å². The van der Waals surface area contributed by atoms with Crippen molar-refractivity contribution < 1.29 is 14.8 Å². The first-order valence-electron chi connectivity index (χ1n) is 7.43. The zero-order valence-corrected chi connectivity index (χ0v) is 13.5. The van der Waals surface area contributed by atoms with Crippen molar-refractivity contribution in [3.05, 3.63) is 29.8 Å². The maximum Gasteiger partial charge on any atom is 0.363 e. The Bertz CT molecular complexity index is 539. The molecule has 1 aliphatic rings. The molecule has 1 fully saturated rings. The molecule has 6 nitrogen and oxygen atoms in total. The summed E-state index contributed by atoms with van der Waals surface area (Å²) in [5.41, 5.74) is 3.26. The fraction of sp³-hybridized carbons (Fsp3) is 0.467. The summed E-state index contributed by atoms with van der Waals surface area (Å²) in [6, 6.07) is 5.92. The van der Waals surface area contributed by atoms with E-state index < -0.39 is 10.2 Å². The SMILES string of the molecule is CC(=O)c1ccc([N+](O)(S)NC(=O)NC2CCCCC2)cc1. The van der Waals surface area contributed by atoms with Crippen molar-refractivity contribution in [2.24, 2.45) is 0 Å². The van der Waals surface area contributed by atoms with E-state index in [4.69, 9.17) is 0 Å². The van der Waals surface area contributed by atoms with Crippen LogP contribution in [0.1, 0.15) is 49.4 Å². The highest BCUT2D eigenvalue weighted by Crippen LogP contribution is 2.22. The first-order valence-corrected chi connectivity index (χ1v) is 7.83. The summed E-state index contributed by atoms with van der Waals surface area (Å²) in [6.45, 7) is 1.46. The predicted molar refractivity (Wildman–Crippen MR) is 87.6 cm³/mol. The average Bonchev–Trinajstić information content (AvgIpc) is 2.47. The van der Waals surface area contributed by atoms with Crippen LogP contribution in [0.3, 0.4) is 0 Å². The number of quaternary nitrogens is 1. The Kier molecular flexibility index (Phi) is 5.44. The third kappa shape index (κ3) is 4.46. The number of thiol groups is 1. The third-order valence-electron chi connectivity index (χ3n) is 3.83. The van der Waals surface area contributed by atoms with Gasteiger partial charge in [0.15, 0.2) is 5.78 Å². The molecule has 0 aromatic heterocycles. The zero-order valence-electron chi connectivity index (χ0n) is 12.6. The van der Waals surface area contributed by atoms with E-state index in [1.54, 1.807) is 24.3 Å². The summed E-state index contributed by atoms with van der Waals surface area (Å²) in [5.74, 6) is -0.0650. The summed E-state index contributed by atoms with van der Waals surface area (Å²) in [4.78, 5) is 23.2. The number of nitrogens with one attached hydrogen (secondary N) is 2. The average molecular weight is 324 g/mol. The monoisotopic (exact) mass is 324 g/mol. The maximum absolute atomic E-state index is 12.0. The molecule has 1 saturated carbocycles. The van der Waals surface area contributed by atoms with E-state index in [0.717, 1.165) is 25.7 Å². The second-order valence-electron chi connectivity index (χ2n) is 5.62. The lowest BCUT2D eigenvalue weighted by atomic mass is 9.96. The molecule has 1 aromatic rings. The molecule has 2 amide bonds. The molecular formula is C15H22N3O3S+. The number of amides is 2. The van der Waals surface area contributed by atoms with Crippen LogP contribution >= 0.6 is 12.8 Å². The number of carbonyl (C=O) groups is 2. The van der Waals surface area contributed by atoms with E-state index in [2.05, 4.69) is 23.6 Å². The molecule has 0 radical (unpaired) electrons. The van der Waals surface area contributed by atoms with Crippen LogP contribution in [-0.4, -0.2) is 23.1 Å². The van der Waals surface area contributed by atoms with Gasteiger partial charge >= 0.3 is 6.03 Å². The topological polar surface area (TPSA) is 78.4 Å². The van der Waals surface area contributed by atoms with E-state index in [1.165, 1.54) is 13.3 Å². The largest absolute Gasteiger partial charge is 0.363 e. The van der Waals surface area contributed by atoms with Gasteiger partial charge in [-0.1, -0.05) is 19.3 Å². The van der Waals surface area contributed by atoms with Crippen LogP contribution in [-0.2, 0) is 0 Å². The van der Waals surface area contributed by atoms with Gasteiger partial charge in [-0.15, -0.1) is 5.43 Å². The van der Waals surface area contributed by atoms with Gasteiger partial charge in [0, 0.05) is 27.9 Å². The van der Waals surface area contributed by atoms with Crippen LogP contribution in [0, 0.1) is 0 Å². The van der Waals surface area contributed by atoms with Gasteiger partial charge in [0.05, 0.1) is 0 Å². The highest BCUT2D eigenvalue weighted by molar-refractivity contribution is 7.79. The van der Waals surface area contributed by atoms with Gasteiger partial charge in [-0.2, -0.15) is 5.21 Å². The summed E-state index contributed by atoms with van der Waals surface area (Å²) >= 11 is 4.06. The van der Waals surface area contributed by atoms with Crippen LogP contribution in [0.2, 0.25) is 0 Å². The number of hydrogen-bond acceptors (Lipinski definition) is 4. The first-order chi connectivity index (χ1) is 10.4. The first kappa shape index (κ1) is 16.8. The Morgan fingerprint density at radius 2 is 1.77 bits per heavy atom. The zero-order chi connectivity index (χ0) is 16.2. The lowest BCUT2D eigenvalue weighted by Crippen LogP contribution is -2.57. The van der Waals surface area contributed by atoms with Crippen molar-refractivity contribution in [1.82, 2.24) is 14.9 Å². The Hall–Kier alpha value is -1.57. The minimum absolute atomic E-state index is 0.0650. The number of urea groups is 1. The smallest absolute Gasteiger partial charge is 0.332 e. The molecule has 0 saturated heterocycles. The number of ketones is 1. The Labute approximate surface area is 135 Å². The van der Waals surface area contributed by atoms with Crippen molar-refractivity contribution in [2.75, 3.05) is 0 Å². The minimum Gasteiger partial charge on any atom is -0.332 e. The van der Waals surface area contributed by atoms with Crippen molar-refractivity contribution in [3.8, 4) is 0 Å². The molecule has 0 spiro atoms. The van der Waals surface area contributed by atoms with Gasteiger partial charge in [0.1, 0.15) is 12.8 Å². The maximum atomic E-state index is 12.0. The van der Waals surface area contributed by atoms with Crippen molar-refractivity contribution in [3.63, 3.8) is 0 Å². The Morgan fingerprint density at radius 1 is 1.18 bits per heavy atom. The molecule has 1 atom stereocenters. The van der Waals surface area contributed by atoms with Crippen molar-refractivity contribution in [1.29, 1.82) is 0 Å². The van der Waals surface area contributed by atoms with E-state index in [0.29, 0.717) is 11.3 Å². The molecule has 0 bridgehead atoms. The van der Waals surface area contributed by atoms with E-state index >= 15 is 0 Å². The summed E-state index contributed by atoms with van der Waals surface area (Å²) in [6.07, 6.45) is 5.33. The molecule has 22 heavy (non-hydrogen) atoms. The van der Waals surface area contributed by atoms with E-state index in [9.17, 15) is 14.8 Å². The molecule has 3 N–H and O–H groups in total. The van der Waals surface area contributed by atoms with Crippen LogP contribution < -0.4 is 14.9 Å². The highest BCUT2D eigenvalue weighted by atomic mass is 32.1. The second-order valence-corrected chi connectivity index (χ2v) is 6.20. The van der Waals surface area contributed by atoms with Crippen LogP contribution in [0.5, 0.6) is 0 Å². The molecular weight excluding hydrogens is 302 g/mol. The fourth-order valence-electron chi connectivity index (χ4n) is 2.57. The normalized spacial score (nSPS) is 18.3. The van der Waals surface area contributed by atoms with E-state index in [-0.39, 0.29) is 11.8 Å². The number of carbonyl (C=O) groups excluding carboxylic acids is 2. The molecule has 2 rings (SSSR count). The molecule has 120 valence electrons. The Morgan fingerprint density at radius 3 is 2.32 bits per heavy atom. The highest BCUT2D eigenvalue weighted by Gasteiger charge is 2.29. The van der Waals surface area contributed by atoms with Gasteiger partial charge in [-0.3, -0.25) is 4.79 Å².